The molecule has 6 nitrogen and oxygen atoms in total. The Morgan fingerprint density at radius 2 is 1.53 bits per heavy atom. The zero-order chi connectivity index (χ0) is 14.0. The average Bonchev–Trinajstić information content (AvgIpc) is 2.38. The highest BCUT2D eigenvalue weighted by Gasteiger charge is 2.28. The highest BCUT2D eigenvalue weighted by atomic mass is 32.1. The van der Waals surface area contributed by atoms with Gasteiger partial charge in [-0.15, -0.1) is 12.6 Å². The first-order chi connectivity index (χ1) is 9.00. The van der Waals surface area contributed by atoms with Crippen LogP contribution in [0.4, 0.5) is 11.4 Å². The molecule has 0 radical (unpaired) electrons. The number of nitrogens with zero attached hydrogens (tertiary/aromatic N) is 2. The van der Waals surface area contributed by atoms with E-state index in [0.29, 0.717) is 10.5 Å². The van der Waals surface area contributed by atoms with Crippen LogP contribution in [-0.2, 0) is 0 Å². The molecule has 0 fully saturated rings. The van der Waals surface area contributed by atoms with Gasteiger partial charge < -0.3 is 0 Å². The summed E-state index contributed by atoms with van der Waals surface area (Å²) in [5.74, 6) is 0. The van der Waals surface area contributed by atoms with Crippen LogP contribution >= 0.6 is 12.6 Å². The fraction of sp³-hybridized carbons (Fsp3) is 0. The van der Waals surface area contributed by atoms with Crippen molar-refractivity contribution in [2.45, 2.75) is 4.90 Å². The van der Waals surface area contributed by atoms with E-state index < -0.39 is 21.2 Å². The first kappa shape index (κ1) is 13.0. The molecule has 19 heavy (non-hydrogen) atoms. The van der Waals surface area contributed by atoms with E-state index in [9.17, 15) is 20.2 Å². The molecule has 0 saturated heterocycles. The molecule has 7 heteroatoms. The van der Waals surface area contributed by atoms with E-state index in [0.717, 1.165) is 6.07 Å². The van der Waals surface area contributed by atoms with Crippen molar-refractivity contribution in [2.24, 2.45) is 0 Å². The number of hydrogen-bond acceptors (Lipinski definition) is 5. The maximum atomic E-state index is 11.1. The summed E-state index contributed by atoms with van der Waals surface area (Å²) in [5.41, 5.74) is -0.266. The van der Waals surface area contributed by atoms with Gasteiger partial charge in [0.15, 0.2) is 0 Å². The summed E-state index contributed by atoms with van der Waals surface area (Å²) in [6.45, 7) is 0. The number of rotatable bonds is 3. The quantitative estimate of drug-likeness (QED) is 0.528. The average molecular weight is 276 g/mol. The van der Waals surface area contributed by atoms with E-state index in [4.69, 9.17) is 0 Å². The number of thiol groups is 1. The Hall–Kier alpha value is -2.41. The van der Waals surface area contributed by atoms with Gasteiger partial charge in [0.2, 0.25) is 0 Å². The summed E-state index contributed by atoms with van der Waals surface area (Å²) < 4.78 is 0. The molecule has 0 N–H and O–H groups in total. The normalized spacial score (nSPS) is 10.2. The van der Waals surface area contributed by atoms with Gasteiger partial charge in [-0.2, -0.15) is 0 Å². The number of nitro benzene ring substituents is 2. The first-order valence-electron chi connectivity index (χ1n) is 5.22. The van der Waals surface area contributed by atoms with Gasteiger partial charge in [0.1, 0.15) is 0 Å². The van der Waals surface area contributed by atoms with Gasteiger partial charge in [-0.25, -0.2) is 0 Å². The molecule has 0 amide bonds. The molecule has 0 aliphatic rings. The van der Waals surface area contributed by atoms with E-state index in [1.807, 2.05) is 0 Å². The molecule has 2 aromatic rings. The third kappa shape index (κ3) is 2.55. The van der Waals surface area contributed by atoms with Gasteiger partial charge in [-0.3, -0.25) is 20.2 Å². The lowest BCUT2D eigenvalue weighted by molar-refractivity contribution is -0.422. The summed E-state index contributed by atoms with van der Waals surface area (Å²) in [6.07, 6.45) is 0. The number of para-hydroxylation sites is 1. The molecule has 0 heterocycles. The maximum absolute atomic E-state index is 11.1. The Kier molecular flexibility index (Phi) is 3.48. The summed E-state index contributed by atoms with van der Waals surface area (Å²) in [6, 6.07) is 10.6. The third-order valence-corrected chi connectivity index (χ3v) is 2.87. The van der Waals surface area contributed by atoms with E-state index in [-0.39, 0.29) is 5.56 Å². The van der Waals surface area contributed by atoms with Crippen molar-refractivity contribution in [3.8, 4) is 11.1 Å². The van der Waals surface area contributed by atoms with Crippen LogP contribution in [-0.4, -0.2) is 9.85 Å². The van der Waals surface area contributed by atoms with E-state index in [1.165, 1.54) is 12.1 Å². The fourth-order valence-electron chi connectivity index (χ4n) is 1.74. The number of nitro groups is 2. The third-order valence-electron chi connectivity index (χ3n) is 2.57. The number of hydrogen-bond donors (Lipinski definition) is 1. The lowest BCUT2D eigenvalue weighted by Crippen LogP contribution is -1.98. The lowest BCUT2D eigenvalue weighted by atomic mass is 10.0. The van der Waals surface area contributed by atoms with Gasteiger partial charge in [0, 0.05) is 11.0 Å². The molecule has 2 rings (SSSR count). The lowest BCUT2D eigenvalue weighted by Gasteiger charge is -2.04. The van der Waals surface area contributed by atoms with Crippen LogP contribution in [0.5, 0.6) is 0 Å². The molecule has 0 aliphatic carbocycles. The van der Waals surface area contributed by atoms with Crippen LogP contribution in [0.2, 0.25) is 0 Å². The molecule has 0 spiro atoms. The Labute approximate surface area is 113 Å². The summed E-state index contributed by atoms with van der Waals surface area (Å²) in [5, 5.41) is 21.9. The predicted octanol–water partition coefficient (Wildman–Crippen LogP) is 3.46. The highest BCUT2D eigenvalue weighted by molar-refractivity contribution is 7.80. The Bertz CT molecular complexity index is 655. The first-order valence-corrected chi connectivity index (χ1v) is 5.66. The van der Waals surface area contributed by atoms with Gasteiger partial charge in [0.25, 0.3) is 0 Å². The van der Waals surface area contributed by atoms with Gasteiger partial charge in [-0.05, 0) is 23.8 Å². The van der Waals surface area contributed by atoms with Crippen LogP contribution in [0.3, 0.4) is 0 Å². The van der Waals surface area contributed by atoms with Crippen molar-refractivity contribution >= 4 is 24.0 Å². The number of benzene rings is 2. The second-order valence-corrected chi connectivity index (χ2v) is 4.25. The van der Waals surface area contributed by atoms with Crippen molar-refractivity contribution in [2.75, 3.05) is 0 Å². The van der Waals surface area contributed by atoms with Crippen molar-refractivity contribution in [1.82, 2.24) is 0 Å². The minimum atomic E-state index is -0.755. The Morgan fingerprint density at radius 1 is 0.895 bits per heavy atom. The summed E-state index contributed by atoms with van der Waals surface area (Å²) in [7, 11) is 0. The monoisotopic (exact) mass is 276 g/mol. The molecule has 2 aromatic carbocycles. The zero-order valence-corrected chi connectivity index (χ0v) is 10.4. The Balaban J connectivity index is 2.69. The smallest absolute Gasteiger partial charge is 0.258 e. The van der Waals surface area contributed by atoms with Gasteiger partial charge >= 0.3 is 11.4 Å². The van der Waals surface area contributed by atoms with Crippen LogP contribution in [0.1, 0.15) is 0 Å². The second-order valence-electron chi connectivity index (χ2n) is 3.73. The predicted molar refractivity (Wildman–Crippen MR) is 72.4 cm³/mol. The maximum Gasteiger partial charge on any atom is 0.353 e. The van der Waals surface area contributed by atoms with Crippen LogP contribution in [0, 0.1) is 20.2 Å². The van der Waals surface area contributed by atoms with E-state index in [1.54, 1.807) is 24.3 Å². The summed E-state index contributed by atoms with van der Waals surface area (Å²) in [4.78, 5) is 21.1. The van der Waals surface area contributed by atoms with Crippen molar-refractivity contribution in [1.29, 1.82) is 0 Å². The zero-order valence-electron chi connectivity index (χ0n) is 9.52. The fourth-order valence-corrected chi connectivity index (χ4v) is 1.89. The van der Waals surface area contributed by atoms with E-state index >= 15 is 0 Å². The molecule has 0 bridgehead atoms. The highest BCUT2D eigenvalue weighted by Crippen LogP contribution is 2.37. The molecule has 0 saturated carbocycles. The molecule has 0 aliphatic heterocycles. The van der Waals surface area contributed by atoms with Crippen LogP contribution in [0.15, 0.2) is 47.4 Å². The SMILES string of the molecule is O=[N+]([O-])c1cccc(-c2ccc(S)cc2)c1[N+](=O)[O-]. The standard InChI is InChI=1S/C12H8N2O4S/c15-13(16)11-3-1-2-10(12(11)14(17)18)8-4-6-9(19)7-5-8/h1-7,19H. The van der Waals surface area contributed by atoms with E-state index in [2.05, 4.69) is 12.6 Å². The molecular formula is C12H8N2O4S. The molecule has 0 aromatic heterocycles. The molecule has 0 unspecified atom stereocenters. The van der Waals surface area contributed by atoms with Crippen LogP contribution in [0.25, 0.3) is 11.1 Å². The van der Waals surface area contributed by atoms with Crippen molar-refractivity contribution in [3.63, 3.8) is 0 Å². The van der Waals surface area contributed by atoms with Crippen LogP contribution < -0.4 is 0 Å². The largest absolute Gasteiger partial charge is 0.353 e. The molecule has 96 valence electrons. The minimum absolute atomic E-state index is 0.215. The molecular weight excluding hydrogens is 268 g/mol. The Morgan fingerprint density at radius 3 is 2.05 bits per heavy atom. The second kappa shape index (κ2) is 5.07. The minimum Gasteiger partial charge on any atom is -0.258 e. The van der Waals surface area contributed by atoms with Gasteiger partial charge in [0.05, 0.1) is 15.4 Å². The van der Waals surface area contributed by atoms with Crippen molar-refractivity contribution < 1.29 is 9.85 Å². The molecule has 0 atom stereocenters. The van der Waals surface area contributed by atoms with Gasteiger partial charge in [-0.1, -0.05) is 18.2 Å². The summed E-state index contributed by atoms with van der Waals surface area (Å²) >= 11 is 4.12. The van der Waals surface area contributed by atoms with Crippen molar-refractivity contribution in [3.05, 3.63) is 62.7 Å². The topological polar surface area (TPSA) is 86.3 Å².